The van der Waals surface area contributed by atoms with Crippen molar-refractivity contribution in [2.24, 2.45) is 0 Å². The van der Waals surface area contributed by atoms with Crippen LogP contribution in [0.3, 0.4) is 0 Å². The highest BCUT2D eigenvalue weighted by molar-refractivity contribution is 8.04. The molecule has 1 fully saturated rings. The van der Waals surface area contributed by atoms with E-state index in [1.807, 2.05) is 6.92 Å². The van der Waals surface area contributed by atoms with Crippen LogP contribution in [0.15, 0.2) is 23.1 Å². The van der Waals surface area contributed by atoms with Crippen LogP contribution in [0.2, 0.25) is 10.0 Å². The van der Waals surface area contributed by atoms with E-state index in [9.17, 15) is 9.59 Å². The van der Waals surface area contributed by atoms with Gasteiger partial charge in [0.1, 0.15) is 0 Å². The van der Waals surface area contributed by atoms with Crippen molar-refractivity contribution in [3.05, 3.63) is 38.7 Å². The second kappa shape index (κ2) is 8.81. The minimum atomic E-state index is -0.208. The molecule has 140 valence electrons. The first-order chi connectivity index (χ1) is 12.5. The first kappa shape index (κ1) is 19.8. The molecule has 0 N–H and O–H groups in total. The fourth-order valence-corrected chi connectivity index (χ4v) is 5.11. The number of halogens is 2. The number of carbonyl (C=O) groups is 2. The first-order valence-electron chi connectivity index (χ1n) is 9.25. The Labute approximate surface area is 169 Å². The number of benzene rings is 1. The largest absolute Gasteiger partial charge is 0.271 e. The van der Waals surface area contributed by atoms with E-state index >= 15 is 0 Å². The Morgan fingerprint density at radius 1 is 1.04 bits per heavy atom. The van der Waals surface area contributed by atoms with Gasteiger partial charge in [-0.3, -0.25) is 14.5 Å². The van der Waals surface area contributed by atoms with Crippen LogP contribution in [0.25, 0.3) is 5.57 Å². The Hall–Kier alpha value is -0.970. The first-order valence-corrected chi connectivity index (χ1v) is 11.0. The van der Waals surface area contributed by atoms with Crippen LogP contribution in [0.4, 0.5) is 0 Å². The summed E-state index contributed by atoms with van der Waals surface area (Å²) in [6.45, 7) is 1.98. The molecular formula is C20H23Cl2NO2S. The van der Waals surface area contributed by atoms with E-state index in [0.29, 0.717) is 26.1 Å². The van der Waals surface area contributed by atoms with E-state index in [1.54, 1.807) is 18.2 Å². The number of imide groups is 1. The number of rotatable bonds is 4. The fourth-order valence-electron chi connectivity index (χ4n) is 3.76. The summed E-state index contributed by atoms with van der Waals surface area (Å²) >= 11 is 13.8. The van der Waals surface area contributed by atoms with Crippen LogP contribution >= 0.6 is 35.0 Å². The lowest BCUT2D eigenvalue weighted by molar-refractivity contribution is -0.139. The summed E-state index contributed by atoms with van der Waals surface area (Å²) in [6, 6.07) is 5.06. The van der Waals surface area contributed by atoms with Gasteiger partial charge in [0.2, 0.25) is 0 Å². The van der Waals surface area contributed by atoms with Crippen molar-refractivity contribution in [2.45, 2.75) is 57.9 Å². The Bertz CT molecular complexity index is 739. The lowest BCUT2D eigenvalue weighted by atomic mass is 9.95. The second-order valence-corrected chi connectivity index (χ2v) is 8.86. The summed E-state index contributed by atoms with van der Waals surface area (Å²) in [4.78, 5) is 28.4. The molecule has 0 bridgehead atoms. The van der Waals surface area contributed by atoms with Gasteiger partial charge in [0.15, 0.2) is 0 Å². The average Bonchev–Trinajstić information content (AvgIpc) is 2.80. The molecule has 2 aliphatic rings. The number of nitrogens with zero attached hydrogens (tertiary/aromatic N) is 1. The summed E-state index contributed by atoms with van der Waals surface area (Å²) in [5.74, 6) is 0.357. The van der Waals surface area contributed by atoms with E-state index in [1.165, 1.54) is 35.9 Å². The molecule has 1 aromatic rings. The molecule has 1 heterocycles. The van der Waals surface area contributed by atoms with Crippen molar-refractivity contribution in [2.75, 3.05) is 5.75 Å². The van der Waals surface area contributed by atoms with Crippen molar-refractivity contribution in [1.82, 2.24) is 4.90 Å². The second-order valence-electron chi connectivity index (χ2n) is 6.74. The molecule has 0 radical (unpaired) electrons. The third kappa shape index (κ3) is 3.97. The van der Waals surface area contributed by atoms with Crippen molar-refractivity contribution in [1.29, 1.82) is 0 Å². The van der Waals surface area contributed by atoms with Gasteiger partial charge in [-0.2, -0.15) is 0 Å². The summed E-state index contributed by atoms with van der Waals surface area (Å²) in [5.41, 5.74) is 1.03. The topological polar surface area (TPSA) is 37.4 Å². The van der Waals surface area contributed by atoms with E-state index in [2.05, 4.69) is 0 Å². The quantitative estimate of drug-likeness (QED) is 0.575. The molecule has 0 spiro atoms. The van der Waals surface area contributed by atoms with Crippen LogP contribution in [0.1, 0.15) is 57.4 Å². The van der Waals surface area contributed by atoms with E-state index < -0.39 is 0 Å². The van der Waals surface area contributed by atoms with Gasteiger partial charge in [-0.05, 0) is 30.7 Å². The molecule has 0 atom stereocenters. The molecule has 2 amide bonds. The predicted molar refractivity (Wildman–Crippen MR) is 109 cm³/mol. The predicted octanol–water partition coefficient (Wildman–Crippen LogP) is 5.94. The van der Waals surface area contributed by atoms with Crippen molar-refractivity contribution < 1.29 is 9.59 Å². The molecule has 1 aromatic carbocycles. The monoisotopic (exact) mass is 411 g/mol. The molecule has 3 rings (SSSR count). The van der Waals surface area contributed by atoms with Gasteiger partial charge in [-0.25, -0.2) is 0 Å². The van der Waals surface area contributed by atoms with Crippen LogP contribution in [0.5, 0.6) is 0 Å². The normalized spacial score (nSPS) is 19.9. The molecule has 0 saturated heterocycles. The van der Waals surface area contributed by atoms with Crippen LogP contribution in [0, 0.1) is 0 Å². The smallest absolute Gasteiger partial charge is 0.268 e. The van der Waals surface area contributed by atoms with Gasteiger partial charge < -0.3 is 0 Å². The molecule has 6 heteroatoms. The zero-order chi connectivity index (χ0) is 18.7. The summed E-state index contributed by atoms with van der Waals surface area (Å²) < 4.78 is 0. The Morgan fingerprint density at radius 2 is 1.69 bits per heavy atom. The van der Waals surface area contributed by atoms with E-state index in [4.69, 9.17) is 23.2 Å². The van der Waals surface area contributed by atoms with Crippen LogP contribution in [-0.4, -0.2) is 28.5 Å². The highest BCUT2D eigenvalue weighted by Gasteiger charge is 2.42. The number of hydrogen-bond acceptors (Lipinski definition) is 3. The highest BCUT2D eigenvalue weighted by Crippen LogP contribution is 2.41. The van der Waals surface area contributed by atoms with Gasteiger partial charge in [-0.1, -0.05) is 68.3 Å². The summed E-state index contributed by atoms with van der Waals surface area (Å²) in [6.07, 6.45) is 7.50. The molecule has 0 unspecified atom stereocenters. The molecule has 26 heavy (non-hydrogen) atoms. The fraction of sp³-hybridized carbons (Fsp3) is 0.500. The number of amides is 2. The molecule has 3 nitrogen and oxygen atoms in total. The molecule has 1 aliphatic carbocycles. The SMILES string of the molecule is CCSC1=C(c2ccc(Cl)cc2Cl)C(=O)N(C2CCCCCCC2)C1=O. The lowest BCUT2D eigenvalue weighted by Gasteiger charge is -2.28. The average molecular weight is 412 g/mol. The minimum absolute atomic E-state index is 0.00803. The van der Waals surface area contributed by atoms with Gasteiger partial charge in [-0.15, -0.1) is 11.8 Å². The maximum Gasteiger partial charge on any atom is 0.268 e. The van der Waals surface area contributed by atoms with Gasteiger partial charge in [0.25, 0.3) is 11.8 Å². The zero-order valence-corrected chi connectivity index (χ0v) is 17.2. The Balaban J connectivity index is 1.98. The van der Waals surface area contributed by atoms with Gasteiger partial charge in [0, 0.05) is 16.6 Å². The maximum absolute atomic E-state index is 13.3. The molecule has 0 aromatic heterocycles. The summed E-state index contributed by atoms with van der Waals surface area (Å²) in [7, 11) is 0. The van der Waals surface area contributed by atoms with E-state index in [-0.39, 0.29) is 17.9 Å². The Morgan fingerprint density at radius 3 is 2.31 bits per heavy atom. The standard InChI is InChI=1S/C20H23Cl2NO2S/c1-2-26-18-17(15-11-10-13(21)12-16(15)22)19(24)23(20(18)25)14-8-6-4-3-5-7-9-14/h10-12,14H,2-9H2,1H3. The third-order valence-corrected chi connectivity index (χ3v) is 6.51. The van der Waals surface area contributed by atoms with Crippen molar-refractivity contribution >= 4 is 52.4 Å². The van der Waals surface area contributed by atoms with Crippen molar-refractivity contribution in [3.63, 3.8) is 0 Å². The maximum atomic E-state index is 13.3. The number of carbonyl (C=O) groups excluding carboxylic acids is 2. The number of hydrogen-bond donors (Lipinski definition) is 0. The lowest BCUT2D eigenvalue weighted by Crippen LogP contribution is -2.41. The number of thioether (sulfide) groups is 1. The van der Waals surface area contributed by atoms with Crippen molar-refractivity contribution in [3.8, 4) is 0 Å². The molecular weight excluding hydrogens is 389 g/mol. The van der Waals surface area contributed by atoms with Gasteiger partial charge >= 0.3 is 0 Å². The minimum Gasteiger partial charge on any atom is -0.271 e. The van der Waals surface area contributed by atoms with Crippen LogP contribution in [-0.2, 0) is 9.59 Å². The molecule has 1 aliphatic heterocycles. The van der Waals surface area contributed by atoms with E-state index in [0.717, 1.165) is 31.4 Å². The van der Waals surface area contributed by atoms with Gasteiger partial charge in [0.05, 0.1) is 15.5 Å². The zero-order valence-electron chi connectivity index (χ0n) is 14.9. The molecule has 1 saturated carbocycles. The summed E-state index contributed by atoms with van der Waals surface area (Å²) in [5, 5.41) is 0.917. The van der Waals surface area contributed by atoms with Crippen LogP contribution < -0.4 is 0 Å². The third-order valence-electron chi connectivity index (χ3n) is 5.00. The highest BCUT2D eigenvalue weighted by atomic mass is 35.5. The Kier molecular flexibility index (Phi) is 6.70.